The molecule has 9 heteroatoms. The van der Waals surface area contributed by atoms with Crippen LogP contribution in [0.4, 0.5) is 0 Å². The van der Waals surface area contributed by atoms with Gasteiger partial charge in [0.2, 0.25) is 0 Å². The summed E-state index contributed by atoms with van der Waals surface area (Å²) in [5, 5.41) is 37.1. The number of carboxylic acids is 4. The molecule has 2 aromatic rings. The number of carbonyl (C=O) groups is 4. The minimum absolute atomic E-state index is 0.192. The van der Waals surface area contributed by atoms with Crippen LogP contribution in [0.1, 0.15) is 114 Å². The summed E-state index contributed by atoms with van der Waals surface area (Å²) in [6.45, 7) is 6.66. The van der Waals surface area contributed by atoms with Crippen molar-refractivity contribution in [2.45, 2.75) is 72.1 Å². The molecule has 0 aliphatic carbocycles. The highest BCUT2D eigenvalue weighted by Gasteiger charge is 2.32. The van der Waals surface area contributed by atoms with E-state index in [0.717, 1.165) is 11.9 Å². The fraction of sp³-hybridized carbons (Fsp3) is 0.429. The molecule has 0 bridgehead atoms. The lowest BCUT2D eigenvalue weighted by atomic mass is 9.88. The summed E-state index contributed by atoms with van der Waals surface area (Å²) in [7, 11) is 0. The first kappa shape index (κ1) is 33.6. The van der Waals surface area contributed by atoms with Crippen LogP contribution in [0.3, 0.4) is 0 Å². The van der Waals surface area contributed by atoms with Gasteiger partial charge in [-0.3, -0.25) is 0 Å². The number of unbranched alkanes of at least 4 members (excludes halogenated alkanes) is 6. The smallest absolute Gasteiger partial charge is 0.337 e. The van der Waals surface area contributed by atoms with Crippen LogP contribution >= 0.6 is 11.6 Å². The number of halogens is 1. The van der Waals surface area contributed by atoms with Crippen LogP contribution in [0.15, 0.2) is 36.4 Å². The number of benzene rings is 2. The summed E-state index contributed by atoms with van der Waals surface area (Å²) >= 11 is 5.38. The molecular weight excluding hydrogens is 500 g/mol. The molecule has 0 aliphatic rings. The van der Waals surface area contributed by atoms with Crippen molar-refractivity contribution in [3.63, 3.8) is 0 Å². The highest BCUT2D eigenvalue weighted by Crippen LogP contribution is 2.32. The Morgan fingerprint density at radius 1 is 0.622 bits per heavy atom. The first-order chi connectivity index (χ1) is 17.6. The van der Waals surface area contributed by atoms with Gasteiger partial charge in [-0.05, 0) is 23.6 Å². The van der Waals surface area contributed by atoms with Crippen molar-refractivity contribution in [2.75, 3.05) is 5.88 Å². The molecule has 0 spiro atoms. The van der Waals surface area contributed by atoms with Crippen molar-refractivity contribution in [1.82, 2.24) is 0 Å². The van der Waals surface area contributed by atoms with E-state index in [1.165, 1.54) is 63.5 Å². The summed E-state index contributed by atoms with van der Waals surface area (Å²) in [4.78, 5) is 45.8. The van der Waals surface area contributed by atoms with Crippen LogP contribution in [0.25, 0.3) is 11.1 Å². The molecule has 0 aromatic heterocycles. The third-order valence-corrected chi connectivity index (χ3v) is 5.50. The second kappa shape index (κ2) is 18.8. The molecule has 37 heavy (non-hydrogen) atoms. The van der Waals surface area contributed by atoms with E-state index in [-0.39, 0.29) is 11.1 Å². The van der Waals surface area contributed by atoms with E-state index in [9.17, 15) is 39.6 Å². The Hall–Kier alpha value is -3.39. The first-order valence-electron chi connectivity index (χ1n) is 12.3. The van der Waals surface area contributed by atoms with Crippen LogP contribution < -0.4 is 0 Å². The molecule has 0 radical (unpaired) electrons. The maximum atomic E-state index is 11.6. The summed E-state index contributed by atoms with van der Waals surface area (Å²) < 4.78 is 0. The lowest BCUT2D eigenvalue weighted by Gasteiger charge is -2.14. The molecule has 8 nitrogen and oxygen atoms in total. The molecule has 0 heterocycles. The van der Waals surface area contributed by atoms with Gasteiger partial charge in [-0.15, -0.1) is 11.6 Å². The average Bonchev–Trinajstić information content (AvgIpc) is 2.87. The second-order valence-corrected chi connectivity index (χ2v) is 8.52. The van der Waals surface area contributed by atoms with Crippen LogP contribution in [0, 0.1) is 0 Å². The molecule has 0 atom stereocenters. The normalized spacial score (nSPS) is 9.84. The summed E-state index contributed by atoms with van der Waals surface area (Å²) in [6, 6.07) is 8.50. The first-order valence-corrected chi connectivity index (χ1v) is 12.9. The molecule has 204 valence electrons. The van der Waals surface area contributed by atoms with Crippen LogP contribution in [0.5, 0.6) is 0 Å². The Bertz CT molecular complexity index is 1010. The molecule has 0 unspecified atom stereocenters. The Balaban J connectivity index is 0.000000822. The molecule has 0 saturated heterocycles. The zero-order valence-corrected chi connectivity index (χ0v) is 22.4. The van der Waals surface area contributed by atoms with Crippen molar-refractivity contribution in [3.8, 4) is 11.1 Å². The summed E-state index contributed by atoms with van der Waals surface area (Å²) in [6.07, 6.45) is 10.7. The standard InChI is InChI=1S/C16H10O8.C7H16.C5H11Cl/c17-13(18)9-6-8(7-4-2-1-3-5-7)10(14(19)20)12(16(23)24)11(9)15(21)22;1-3-5-7-6-4-2;1-2-3-4-5-6/h1-6H,(H,17,18)(H,19,20)(H,21,22)(H,23,24);3-7H2,1-2H3;2-5H2,1H3. The van der Waals surface area contributed by atoms with Gasteiger partial charge in [0.05, 0.1) is 22.3 Å². The number of rotatable bonds is 12. The minimum Gasteiger partial charge on any atom is -0.478 e. The fourth-order valence-corrected chi connectivity index (χ4v) is 3.57. The molecule has 4 N–H and O–H groups in total. The maximum absolute atomic E-state index is 11.6. The summed E-state index contributed by atoms with van der Waals surface area (Å²) in [5.41, 5.74) is -3.68. The molecule has 0 saturated carbocycles. The van der Waals surface area contributed by atoms with Gasteiger partial charge in [0, 0.05) is 5.88 Å². The van der Waals surface area contributed by atoms with Crippen molar-refractivity contribution >= 4 is 35.5 Å². The van der Waals surface area contributed by atoms with E-state index in [0.29, 0.717) is 0 Å². The van der Waals surface area contributed by atoms with Crippen LogP contribution in [-0.4, -0.2) is 50.2 Å². The van der Waals surface area contributed by atoms with Crippen molar-refractivity contribution in [3.05, 3.63) is 58.7 Å². The Kier molecular flexibility index (Phi) is 17.1. The lowest BCUT2D eigenvalue weighted by molar-refractivity contribution is 0.0620. The largest absolute Gasteiger partial charge is 0.478 e. The third kappa shape index (κ3) is 11.5. The van der Waals surface area contributed by atoms with Gasteiger partial charge in [-0.25, -0.2) is 19.2 Å². The van der Waals surface area contributed by atoms with Gasteiger partial charge in [0.25, 0.3) is 0 Å². The second-order valence-electron chi connectivity index (χ2n) is 8.14. The van der Waals surface area contributed by atoms with Gasteiger partial charge in [0.1, 0.15) is 0 Å². The quantitative estimate of drug-likeness (QED) is 0.160. The van der Waals surface area contributed by atoms with Crippen molar-refractivity contribution in [1.29, 1.82) is 0 Å². The summed E-state index contributed by atoms with van der Waals surface area (Å²) in [5.74, 6) is -6.21. The van der Waals surface area contributed by atoms with E-state index < -0.39 is 46.1 Å². The van der Waals surface area contributed by atoms with Gasteiger partial charge >= 0.3 is 23.9 Å². The minimum atomic E-state index is -1.84. The van der Waals surface area contributed by atoms with Gasteiger partial charge in [0.15, 0.2) is 0 Å². The molecule has 2 rings (SSSR count). The van der Waals surface area contributed by atoms with E-state index in [4.69, 9.17) is 11.6 Å². The predicted octanol–water partition coefficient (Wildman–Crippen LogP) is 7.54. The highest BCUT2D eigenvalue weighted by atomic mass is 35.5. The van der Waals surface area contributed by atoms with E-state index >= 15 is 0 Å². The monoisotopic (exact) mass is 536 g/mol. The number of aromatic carboxylic acids is 4. The Morgan fingerprint density at radius 3 is 1.43 bits per heavy atom. The van der Waals surface area contributed by atoms with Gasteiger partial charge in [-0.1, -0.05) is 96.0 Å². The maximum Gasteiger partial charge on any atom is 0.337 e. The molecular formula is C28H37ClO8. The van der Waals surface area contributed by atoms with Crippen LogP contribution in [-0.2, 0) is 0 Å². The van der Waals surface area contributed by atoms with Gasteiger partial charge in [-0.2, -0.15) is 0 Å². The highest BCUT2D eigenvalue weighted by molar-refractivity contribution is 6.18. The molecule has 0 amide bonds. The Morgan fingerprint density at radius 2 is 1.08 bits per heavy atom. The predicted molar refractivity (Wildman–Crippen MR) is 144 cm³/mol. The third-order valence-electron chi connectivity index (χ3n) is 5.23. The fourth-order valence-electron chi connectivity index (χ4n) is 3.38. The molecule has 0 aliphatic heterocycles. The number of carboxylic acid groups (broad SMARTS) is 4. The topological polar surface area (TPSA) is 149 Å². The average molecular weight is 537 g/mol. The zero-order valence-electron chi connectivity index (χ0n) is 21.6. The van der Waals surface area contributed by atoms with Gasteiger partial charge < -0.3 is 20.4 Å². The Labute approximate surface area is 222 Å². The van der Waals surface area contributed by atoms with Crippen molar-refractivity contribution in [2.24, 2.45) is 0 Å². The van der Waals surface area contributed by atoms with E-state index in [1.807, 2.05) is 0 Å². The molecule has 2 aromatic carbocycles. The lowest BCUT2D eigenvalue weighted by Crippen LogP contribution is -2.20. The van der Waals surface area contributed by atoms with E-state index in [1.54, 1.807) is 18.2 Å². The van der Waals surface area contributed by atoms with Crippen molar-refractivity contribution < 1.29 is 39.6 Å². The number of hydrogen-bond acceptors (Lipinski definition) is 4. The zero-order chi connectivity index (χ0) is 28.4. The van der Waals surface area contributed by atoms with Crippen LogP contribution in [0.2, 0.25) is 0 Å². The SMILES string of the molecule is CCCCCCC.CCCCCCl.O=C(O)c1cc(-c2ccccc2)c(C(=O)O)c(C(=O)O)c1C(=O)O. The van der Waals surface area contributed by atoms with E-state index in [2.05, 4.69) is 20.8 Å². The molecule has 0 fully saturated rings. The number of hydrogen-bond donors (Lipinski definition) is 4. The number of alkyl halides is 1.